The summed E-state index contributed by atoms with van der Waals surface area (Å²) in [5, 5.41) is 13.5. The van der Waals surface area contributed by atoms with Gasteiger partial charge in [0, 0.05) is 0 Å². The molecule has 0 aliphatic rings. The first-order chi connectivity index (χ1) is 8.54. The predicted molar refractivity (Wildman–Crippen MR) is 66.9 cm³/mol. The number of ether oxygens (including phenoxy) is 1. The number of urea groups is 1. The van der Waals surface area contributed by atoms with Gasteiger partial charge in [-0.25, -0.2) is 4.79 Å². The molecule has 0 radical (unpaired) electrons. The first-order valence-corrected chi connectivity index (χ1v) is 5.56. The molecule has 1 rings (SSSR count). The van der Waals surface area contributed by atoms with Crippen molar-refractivity contribution in [1.82, 2.24) is 5.32 Å². The van der Waals surface area contributed by atoms with E-state index in [0.717, 1.165) is 0 Å². The molecule has 6 nitrogen and oxygen atoms in total. The van der Waals surface area contributed by atoms with Crippen molar-refractivity contribution in [1.29, 1.82) is 0 Å². The number of rotatable bonds is 5. The van der Waals surface area contributed by atoms with Crippen molar-refractivity contribution >= 4 is 17.7 Å². The van der Waals surface area contributed by atoms with Gasteiger partial charge in [-0.15, -0.1) is 0 Å². The second kappa shape index (κ2) is 6.48. The minimum absolute atomic E-state index is 0.478. The molecule has 0 aliphatic carbocycles. The summed E-state index contributed by atoms with van der Waals surface area (Å²) in [7, 11) is 0. The number of anilines is 1. The Morgan fingerprint density at radius 2 is 2.06 bits per heavy atom. The fourth-order valence-electron chi connectivity index (χ4n) is 1.27. The molecule has 1 aromatic rings. The van der Waals surface area contributed by atoms with Crippen LogP contribution in [0.5, 0.6) is 5.75 Å². The Morgan fingerprint density at radius 3 is 2.67 bits per heavy atom. The molecule has 0 aromatic heterocycles. The van der Waals surface area contributed by atoms with Crippen LogP contribution in [0.1, 0.15) is 13.8 Å². The van der Waals surface area contributed by atoms with E-state index in [1.54, 1.807) is 24.3 Å². The Kier molecular flexibility index (Phi) is 4.98. The second-order valence-electron chi connectivity index (χ2n) is 3.59. The van der Waals surface area contributed by atoms with Crippen molar-refractivity contribution in [3.63, 3.8) is 0 Å². The van der Waals surface area contributed by atoms with Crippen molar-refractivity contribution in [2.24, 2.45) is 0 Å². The molecule has 2 amide bonds. The molecular formula is C12H16N2O4. The number of amides is 2. The zero-order valence-corrected chi connectivity index (χ0v) is 10.3. The summed E-state index contributed by atoms with van der Waals surface area (Å²) in [6, 6.07) is 5.39. The highest BCUT2D eigenvalue weighted by molar-refractivity contribution is 5.93. The van der Waals surface area contributed by atoms with Gasteiger partial charge in [0.25, 0.3) is 0 Å². The van der Waals surface area contributed by atoms with Gasteiger partial charge in [0.05, 0.1) is 12.3 Å². The fraction of sp³-hybridized carbons (Fsp3) is 0.333. The molecule has 0 heterocycles. The van der Waals surface area contributed by atoms with Gasteiger partial charge in [0.1, 0.15) is 11.8 Å². The Balaban J connectivity index is 2.66. The summed E-state index contributed by atoms with van der Waals surface area (Å²) in [5.74, 6) is -0.554. The molecule has 0 saturated heterocycles. The van der Waals surface area contributed by atoms with Crippen molar-refractivity contribution in [3.05, 3.63) is 24.3 Å². The zero-order chi connectivity index (χ0) is 13.5. The van der Waals surface area contributed by atoms with Gasteiger partial charge < -0.3 is 20.5 Å². The van der Waals surface area contributed by atoms with E-state index in [1.165, 1.54) is 6.92 Å². The summed E-state index contributed by atoms with van der Waals surface area (Å²) in [6.07, 6.45) is 0. The molecule has 6 heteroatoms. The maximum atomic E-state index is 11.5. The third-order valence-electron chi connectivity index (χ3n) is 2.15. The van der Waals surface area contributed by atoms with Crippen LogP contribution in [-0.2, 0) is 4.79 Å². The van der Waals surface area contributed by atoms with Crippen LogP contribution in [-0.4, -0.2) is 29.8 Å². The van der Waals surface area contributed by atoms with Crippen molar-refractivity contribution in [2.75, 3.05) is 11.9 Å². The Labute approximate surface area is 105 Å². The smallest absolute Gasteiger partial charge is 0.325 e. The standard InChI is InChI=1S/C12H16N2O4/c1-3-18-10-7-5-4-6-9(10)14-12(17)13-8(2)11(15)16/h4-8H,3H2,1-2H3,(H,15,16)(H2,13,14,17)/t8-/m1/s1. The monoisotopic (exact) mass is 252 g/mol. The lowest BCUT2D eigenvalue weighted by atomic mass is 10.3. The van der Waals surface area contributed by atoms with Gasteiger partial charge in [-0.05, 0) is 26.0 Å². The number of carboxylic acid groups (broad SMARTS) is 1. The average molecular weight is 252 g/mol. The molecule has 1 atom stereocenters. The molecular weight excluding hydrogens is 236 g/mol. The van der Waals surface area contributed by atoms with Gasteiger partial charge in [-0.1, -0.05) is 12.1 Å². The number of carbonyl (C=O) groups excluding carboxylic acids is 1. The van der Waals surface area contributed by atoms with E-state index >= 15 is 0 Å². The molecule has 0 bridgehead atoms. The maximum absolute atomic E-state index is 11.5. The lowest BCUT2D eigenvalue weighted by molar-refractivity contribution is -0.138. The molecule has 1 aromatic carbocycles. The summed E-state index contributed by atoms with van der Waals surface area (Å²) in [4.78, 5) is 22.1. The normalized spacial score (nSPS) is 11.4. The van der Waals surface area contributed by atoms with E-state index in [1.807, 2.05) is 6.92 Å². The number of nitrogens with one attached hydrogen (secondary N) is 2. The van der Waals surface area contributed by atoms with E-state index in [2.05, 4.69) is 10.6 Å². The number of carboxylic acids is 1. The third-order valence-corrected chi connectivity index (χ3v) is 2.15. The number of benzene rings is 1. The molecule has 0 fully saturated rings. The summed E-state index contributed by atoms with van der Waals surface area (Å²) < 4.78 is 5.33. The summed E-state index contributed by atoms with van der Waals surface area (Å²) in [5.41, 5.74) is 0.495. The quantitative estimate of drug-likeness (QED) is 0.744. The second-order valence-corrected chi connectivity index (χ2v) is 3.59. The third kappa shape index (κ3) is 3.97. The van der Waals surface area contributed by atoms with Crippen LogP contribution in [0.2, 0.25) is 0 Å². The van der Waals surface area contributed by atoms with Crippen LogP contribution in [0.25, 0.3) is 0 Å². The lowest BCUT2D eigenvalue weighted by Gasteiger charge is -2.13. The van der Waals surface area contributed by atoms with Crippen LogP contribution in [0.3, 0.4) is 0 Å². The molecule has 18 heavy (non-hydrogen) atoms. The zero-order valence-electron chi connectivity index (χ0n) is 10.3. The SMILES string of the molecule is CCOc1ccccc1NC(=O)N[C@H](C)C(=O)O. The van der Waals surface area contributed by atoms with Crippen molar-refractivity contribution in [3.8, 4) is 5.75 Å². The minimum Gasteiger partial charge on any atom is -0.492 e. The van der Waals surface area contributed by atoms with Gasteiger partial charge in [-0.2, -0.15) is 0 Å². The van der Waals surface area contributed by atoms with Crippen LogP contribution >= 0.6 is 0 Å². The highest BCUT2D eigenvalue weighted by Gasteiger charge is 2.14. The van der Waals surface area contributed by atoms with Crippen molar-refractivity contribution < 1.29 is 19.4 Å². The fourth-order valence-corrected chi connectivity index (χ4v) is 1.27. The molecule has 0 unspecified atom stereocenters. The van der Waals surface area contributed by atoms with Gasteiger partial charge in [-0.3, -0.25) is 4.79 Å². The number of hydrogen-bond donors (Lipinski definition) is 3. The highest BCUT2D eigenvalue weighted by Crippen LogP contribution is 2.23. The Hall–Kier alpha value is -2.24. The molecule has 0 aliphatic heterocycles. The van der Waals surface area contributed by atoms with E-state index < -0.39 is 18.0 Å². The highest BCUT2D eigenvalue weighted by atomic mass is 16.5. The predicted octanol–water partition coefficient (Wildman–Crippen LogP) is 1.68. The summed E-state index contributed by atoms with van der Waals surface area (Å²) in [6.45, 7) is 3.70. The Bertz CT molecular complexity index is 434. The summed E-state index contributed by atoms with van der Waals surface area (Å²) >= 11 is 0. The minimum atomic E-state index is -1.09. The maximum Gasteiger partial charge on any atom is 0.325 e. The number of hydrogen-bond acceptors (Lipinski definition) is 3. The van der Waals surface area contributed by atoms with Crippen LogP contribution in [0, 0.1) is 0 Å². The number of aliphatic carboxylic acids is 1. The molecule has 0 saturated carbocycles. The Morgan fingerprint density at radius 1 is 1.39 bits per heavy atom. The van der Waals surface area contributed by atoms with Crippen LogP contribution < -0.4 is 15.4 Å². The van der Waals surface area contributed by atoms with Gasteiger partial charge in [0.2, 0.25) is 0 Å². The molecule has 98 valence electrons. The van der Waals surface area contributed by atoms with E-state index in [0.29, 0.717) is 18.0 Å². The number of carbonyl (C=O) groups is 2. The first kappa shape index (κ1) is 13.8. The van der Waals surface area contributed by atoms with E-state index in [-0.39, 0.29) is 0 Å². The molecule has 0 spiro atoms. The topological polar surface area (TPSA) is 87.7 Å². The lowest BCUT2D eigenvalue weighted by Crippen LogP contribution is -2.40. The average Bonchev–Trinajstić information content (AvgIpc) is 2.31. The molecule has 3 N–H and O–H groups in total. The largest absolute Gasteiger partial charge is 0.492 e. The van der Waals surface area contributed by atoms with Crippen LogP contribution in [0.4, 0.5) is 10.5 Å². The van der Waals surface area contributed by atoms with E-state index in [4.69, 9.17) is 9.84 Å². The van der Waals surface area contributed by atoms with Crippen LogP contribution in [0.15, 0.2) is 24.3 Å². The van der Waals surface area contributed by atoms with Gasteiger partial charge >= 0.3 is 12.0 Å². The van der Waals surface area contributed by atoms with E-state index in [9.17, 15) is 9.59 Å². The number of para-hydroxylation sites is 2. The van der Waals surface area contributed by atoms with Crippen molar-refractivity contribution in [2.45, 2.75) is 19.9 Å². The van der Waals surface area contributed by atoms with Gasteiger partial charge in [0.15, 0.2) is 0 Å². The first-order valence-electron chi connectivity index (χ1n) is 5.56.